The van der Waals surface area contributed by atoms with Crippen molar-refractivity contribution in [2.24, 2.45) is 4.40 Å². The first kappa shape index (κ1) is 22.3. The molecule has 1 aliphatic rings. The first-order valence-electron chi connectivity index (χ1n) is 8.65. The van der Waals surface area contributed by atoms with Crippen LogP contribution in [0.25, 0.3) is 6.08 Å². The zero-order chi connectivity index (χ0) is 22.8. The second kappa shape index (κ2) is 8.78. The first-order valence-corrected chi connectivity index (χ1v) is 10.9. The van der Waals surface area contributed by atoms with E-state index in [1.165, 1.54) is 21.3 Å². The van der Waals surface area contributed by atoms with Crippen molar-refractivity contribution in [1.82, 2.24) is 4.90 Å². The Morgan fingerprint density at radius 1 is 1.10 bits per heavy atom. The number of thioether (sulfide) groups is 1. The van der Waals surface area contributed by atoms with Gasteiger partial charge in [-0.1, -0.05) is 6.07 Å². The first-order chi connectivity index (χ1) is 14.7. The van der Waals surface area contributed by atoms with Gasteiger partial charge in [0.25, 0.3) is 21.6 Å². The van der Waals surface area contributed by atoms with Gasteiger partial charge in [-0.05, 0) is 47.7 Å². The van der Waals surface area contributed by atoms with E-state index in [0.29, 0.717) is 17.1 Å². The van der Waals surface area contributed by atoms with E-state index in [2.05, 4.69) is 4.40 Å². The van der Waals surface area contributed by atoms with Gasteiger partial charge in [-0.15, -0.1) is 4.40 Å². The highest BCUT2D eigenvalue weighted by molar-refractivity contribution is 8.19. The molecule has 2 aromatic carbocycles. The number of ether oxygens (including phenoxy) is 2. The lowest BCUT2D eigenvalue weighted by Crippen LogP contribution is -2.24. The van der Waals surface area contributed by atoms with Crippen LogP contribution in [-0.4, -0.2) is 50.6 Å². The molecule has 1 fully saturated rings. The van der Waals surface area contributed by atoms with Gasteiger partial charge >= 0.3 is 0 Å². The second-order valence-corrected chi connectivity index (χ2v) is 8.80. The summed E-state index contributed by atoms with van der Waals surface area (Å²) >= 11 is 0.903. The number of sulfonamides is 1. The van der Waals surface area contributed by atoms with Gasteiger partial charge in [-0.25, -0.2) is 0 Å². The third-order valence-electron chi connectivity index (χ3n) is 4.25. The number of hydrogen-bond acceptors (Lipinski definition) is 8. The van der Waals surface area contributed by atoms with Crippen LogP contribution in [0.3, 0.4) is 0 Å². The van der Waals surface area contributed by atoms with Crippen LogP contribution in [0.15, 0.2) is 56.7 Å². The van der Waals surface area contributed by atoms with E-state index in [-0.39, 0.29) is 20.7 Å². The average Bonchev–Trinajstić information content (AvgIpc) is 3.00. The number of methoxy groups -OCH3 is 2. The molecule has 0 spiro atoms. The minimum atomic E-state index is -4.17. The van der Waals surface area contributed by atoms with Gasteiger partial charge < -0.3 is 9.47 Å². The highest BCUT2D eigenvalue weighted by Gasteiger charge is 2.32. The molecule has 10 nitrogen and oxygen atoms in total. The molecule has 0 saturated carbocycles. The molecule has 1 aliphatic heterocycles. The predicted molar refractivity (Wildman–Crippen MR) is 116 cm³/mol. The lowest BCUT2D eigenvalue weighted by molar-refractivity contribution is -0.384. The Balaban J connectivity index is 1.90. The molecule has 1 amide bonds. The van der Waals surface area contributed by atoms with Crippen LogP contribution in [0, 0.1) is 10.1 Å². The number of nitro groups is 1. The third-order valence-corrected chi connectivity index (χ3v) is 6.71. The summed E-state index contributed by atoms with van der Waals surface area (Å²) in [7, 11) is 0.241. The minimum Gasteiger partial charge on any atom is -0.493 e. The molecule has 162 valence electrons. The summed E-state index contributed by atoms with van der Waals surface area (Å²) in [5, 5.41) is 10.7. The van der Waals surface area contributed by atoms with Crippen molar-refractivity contribution in [3.05, 3.63) is 63.0 Å². The number of carbonyl (C=O) groups excluding carboxylic acids is 1. The Kier molecular flexibility index (Phi) is 6.32. The molecule has 0 unspecified atom stereocenters. The van der Waals surface area contributed by atoms with E-state index in [0.717, 1.165) is 40.9 Å². The quantitative estimate of drug-likeness (QED) is 0.363. The minimum absolute atomic E-state index is 0.0323. The molecular formula is C19H17N3O7S2. The summed E-state index contributed by atoms with van der Waals surface area (Å²) in [5.41, 5.74) is 0.413. The van der Waals surface area contributed by atoms with Crippen LogP contribution in [-0.2, 0) is 14.8 Å². The largest absolute Gasteiger partial charge is 0.493 e. The number of rotatable bonds is 6. The SMILES string of the molecule is COc1ccc(/C=C2/SC(=NS(=O)(=O)c3ccc([N+](=O)[O-])cc3)N(C)C2=O)cc1OC. The highest BCUT2D eigenvalue weighted by atomic mass is 32.2. The molecule has 0 aliphatic carbocycles. The summed E-state index contributed by atoms with van der Waals surface area (Å²) in [4.78, 5) is 23.9. The zero-order valence-corrected chi connectivity index (χ0v) is 18.3. The number of nitro benzene ring substituents is 1. The molecule has 0 radical (unpaired) electrons. The number of amides is 1. The molecule has 31 heavy (non-hydrogen) atoms. The molecular weight excluding hydrogens is 446 g/mol. The fraction of sp³-hybridized carbons (Fsp3) is 0.158. The fourth-order valence-corrected chi connectivity index (χ4v) is 4.82. The Morgan fingerprint density at radius 2 is 1.74 bits per heavy atom. The summed E-state index contributed by atoms with van der Waals surface area (Å²) in [6.45, 7) is 0. The van der Waals surface area contributed by atoms with Gasteiger partial charge in [0, 0.05) is 19.2 Å². The van der Waals surface area contributed by atoms with Crippen molar-refractivity contribution in [2.75, 3.05) is 21.3 Å². The van der Waals surface area contributed by atoms with Gasteiger partial charge in [0.15, 0.2) is 16.7 Å². The van der Waals surface area contributed by atoms with Crippen LogP contribution in [0.5, 0.6) is 11.5 Å². The smallest absolute Gasteiger partial charge is 0.284 e. The molecule has 0 N–H and O–H groups in total. The Morgan fingerprint density at radius 3 is 2.32 bits per heavy atom. The monoisotopic (exact) mass is 463 g/mol. The van der Waals surface area contributed by atoms with Crippen LogP contribution >= 0.6 is 11.8 Å². The maximum atomic E-state index is 12.6. The van der Waals surface area contributed by atoms with Gasteiger partial charge in [0.1, 0.15) is 0 Å². The maximum Gasteiger partial charge on any atom is 0.284 e. The number of amidine groups is 1. The standard InChI is InChI=1S/C19H17N3O7S2/c1-21-18(23)17(11-12-4-9-15(28-2)16(10-12)29-3)30-19(21)20-31(26,27)14-7-5-13(6-8-14)22(24)25/h4-11H,1-3H3/b17-11+,20-19?. The fourth-order valence-electron chi connectivity index (χ4n) is 2.62. The number of carbonyl (C=O) groups is 1. The molecule has 12 heteroatoms. The van der Waals surface area contributed by atoms with E-state index in [1.54, 1.807) is 24.3 Å². The van der Waals surface area contributed by atoms with E-state index >= 15 is 0 Å². The number of nitrogens with zero attached hydrogens (tertiary/aromatic N) is 3. The molecule has 0 atom stereocenters. The van der Waals surface area contributed by atoms with E-state index in [4.69, 9.17) is 9.47 Å². The number of benzene rings is 2. The van der Waals surface area contributed by atoms with Crippen molar-refractivity contribution in [3.63, 3.8) is 0 Å². The predicted octanol–water partition coefficient (Wildman–Crippen LogP) is 2.90. The topological polar surface area (TPSA) is 128 Å². The van der Waals surface area contributed by atoms with Gasteiger partial charge in [-0.2, -0.15) is 8.42 Å². The molecule has 2 aromatic rings. The molecule has 1 heterocycles. The van der Waals surface area contributed by atoms with E-state index in [9.17, 15) is 23.3 Å². The van der Waals surface area contributed by atoms with Crippen LogP contribution in [0.1, 0.15) is 5.56 Å². The third kappa shape index (κ3) is 4.70. The summed E-state index contributed by atoms with van der Waals surface area (Å²) < 4.78 is 39.3. The molecule has 0 bridgehead atoms. The van der Waals surface area contributed by atoms with Crippen molar-refractivity contribution in [3.8, 4) is 11.5 Å². The van der Waals surface area contributed by atoms with E-state index < -0.39 is 20.9 Å². The van der Waals surface area contributed by atoms with Crippen molar-refractivity contribution in [1.29, 1.82) is 0 Å². The van der Waals surface area contributed by atoms with E-state index in [1.807, 2.05) is 0 Å². The zero-order valence-electron chi connectivity index (χ0n) is 16.6. The van der Waals surface area contributed by atoms with Crippen LogP contribution in [0.4, 0.5) is 5.69 Å². The highest BCUT2D eigenvalue weighted by Crippen LogP contribution is 2.34. The summed E-state index contributed by atoms with van der Waals surface area (Å²) in [5.74, 6) is 0.594. The van der Waals surface area contributed by atoms with Crippen LogP contribution < -0.4 is 9.47 Å². The number of non-ortho nitro benzene ring substituents is 1. The number of likely N-dealkylation sites (N-methyl/N-ethyl adjacent to an activating group) is 1. The summed E-state index contributed by atoms with van der Waals surface area (Å²) in [6, 6.07) is 9.44. The molecule has 1 saturated heterocycles. The molecule has 3 rings (SSSR count). The Labute approximate surface area is 182 Å². The lowest BCUT2D eigenvalue weighted by Gasteiger charge is -2.08. The number of hydrogen-bond donors (Lipinski definition) is 0. The van der Waals surface area contributed by atoms with Gasteiger partial charge in [-0.3, -0.25) is 19.8 Å². The molecule has 0 aromatic heterocycles. The summed E-state index contributed by atoms with van der Waals surface area (Å²) in [6.07, 6.45) is 1.59. The maximum absolute atomic E-state index is 12.6. The van der Waals surface area contributed by atoms with Gasteiger partial charge in [0.2, 0.25) is 0 Å². The second-order valence-electron chi connectivity index (χ2n) is 6.19. The lowest BCUT2D eigenvalue weighted by atomic mass is 10.2. The average molecular weight is 463 g/mol. The van der Waals surface area contributed by atoms with Gasteiger partial charge in [0.05, 0.1) is 28.9 Å². The normalized spacial score (nSPS) is 16.7. The van der Waals surface area contributed by atoms with Crippen molar-refractivity contribution >= 4 is 44.6 Å². The Hall–Kier alpha value is -3.38. The van der Waals surface area contributed by atoms with Crippen molar-refractivity contribution in [2.45, 2.75) is 4.90 Å². The Bertz CT molecular complexity index is 1210. The van der Waals surface area contributed by atoms with Crippen molar-refractivity contribution < 1.29 is 27.6 Å². The van der Waals surface area contributed by atoms with Crippen LogP contribution in [0.2, 0.25) is 0 Å².